The predicted octanol–water partition coefficient (Wildman–Crippen LogP) is 4.09. The van der Waals surface area contributed by atoms with Crippen molar-refractivity contribution in [3.63, 3.8) is 0 Å². The van der Waals surface area contributed by atoms with Gasteiger partial charge < -0.3 is 14.8 Å². The molecule has 0 fully saturated rings. The van der Waals surface area contributed by atoms with Crippen molar-refractivity contribution in [2.45, 2.75) is 17.4 Å². The highest BCUT2D eigenvalue weighted by atomic mass is 35.5. The Morgan fingerprint density at radius 3 is 2.58 bits per heavy atom. The van der Waals surface area contributed by atoms with Gasteiger partial charge >= 0.3 is 0 Å². The van der Waals surface area contributed by atoms with Gasteiger partial charge in [-0.1, -0.05) is 17.7 Å². The number of rotatable bonds is 6. The van der Waals surface area contributed by atoms with Crippen LogP contribution in [0.3, 0.4) is 0 Å². The number of ether oxygens (including phenoxy) is 2. The number of amides is 1. The van der Waals surface area contributed by atoms with Gasteiger partial charge in [-0.25, -0.2) is 8.42 Å². The van der Waals surface area contributed by atoms with Crippen LogP contribution in [0.25, 0.3) is 0 Å². The summed E-state index contributed by atoms with van der Waals surface area (Å²) in [4.78, 5) is 12.7. The lowest BCUT2D eigenvalue weighted by atomic mass is 10.1. The smallest absolute Gasteiger partial charge is 0.265 e. The number of fused-ring (bicyclic) bond motifs is 1. The number of hydrogen-bond donors (Lipinski definition) is 2. The van der Waals surface area contributed by atoms with E-state index in [1.54, 1.807) is 54.6 Å². The second-order valence-electron chi connectivity index (χ2n) is 6.91. The Kier molecular flexibility index (Phi) is 5.75. The molecule has 1 unspecified atom stereocenters. The van der Waals surface area contributed by atoms with Gasteiger partial charge in [-0.05, 0) is 66.2 Å². The minimum Gasteiger partial charge on any atom is -0.497 e. The Hall–Kier alpha value is -3.23. The van der Waals surface area contributed by atoms with E-state index in [9.17, 15) is 13.2 Å². The number of methoxy groups -OCH3 is 1. The fourth-order valence-corrected chi connectivity index (χ4v) is 4.50. The van der Waals surface area contributed by atoms with E-state index in [4.69, 9.17) is 21.1 Å². The second-order valence-corrected chi connectivity index (χ2v) is 9.03. The topological polar surface area (TPSA) is 93.7 Å². The molecule has 1 aliphatic rings. The molecule has 0 spiro atoms. The number of carbonyl (C=O) groups excluding carboxylic acids is 1. The van der Waals surface area contributed by atoms with Crippen molar-refractivity contribution in [3.8, 4) is 11.5 Å². The lowest BCUT2D eigenvalue weighted by Crippen LogP contribution is -2.31. The molecule has 3 aromatic carbocycles. The van der Waals surface area contributed by atoms with Crippen LogP contribution in [0.5, 0.6) is 11.5 Å². The predicted molar refractivity (Wildman–Crippen MR) is 118 cm³/mol. The van der Waals surface area contributed by atoms with E-state index in [1.165, 1.54) is 19.2 Å². The van der Waals surface area contributed by atoms with E-state index in [1.807, 2.05) is 0 Å². The Morgan fingerprint density at radius 2 is 1.84 bits per heavy atom. The van der Waals surface area contributed by atoms with Gasteiger partial charge in [0.1, 0.15) is 11.5 Å². The van der Waals surface area contributed by atoms with Gasteiger partial charge in [0.2, 0.25) is 0 Å². The van der Waals surface area contributed by atoms with Crippen molar-refractivity contribution in [1.29, 1.82) is 0 Å². The van der Waals surface area contributed by atoms with E-state index >= 15 is 0 Å². The first-order valence-electron chi connectivity index (χ1n) is 9.37. The standard InChI is InChI=1S/C22H19ClN2O5S/c1-29-18-8-6-16(7-9-18)25-31(27,28)19-4-2-3-17(13-19)24-22(26)21-12-14-11-15(23)5-10-20(14)30-21/h2-11,13,21,25H,12H2,1H3,(H,24,26). The normalized spacial score (nSPS) is 15.0. The third-order valence-electron chi connectivity index (χ3n) is 4.74. The molecule has 7 nitrogen and oxygen atoms in total. The summed E-state index contributed by atoms with van der Waals surface area (Å²) < 4.78 is 38.7. The van der Waals surface area contributed by atoms with Crippen molar-refractivity contribution < 1.29 is 22.7 Å². The summed E-state index contributed by atoms with van der Waals surface area (Å²) >= 11 is 5.99. The summed E-state index contributed by atoms with van der Waals surface area (Å²) in [6.07, 6.45) is -0.329. The number of hydrogen-bond acceptors (Lipinski definition) is 5. The number of anilines is 2. The highest BCUT2D eigenvalue weighted by molar-refractivity contribution is 7.92. The van der Waals surface area contributed by atoms with Crippen LogP contribution in [0.4, 0.5) is 11.4 Å². The lowest BCUT2D eigenvalue weighted by Gasteiger charge is -2.13. The third kappa shape index (κ3) is 4.76. The van der Waals surface area contributed by atoms with Crippen molar-refractivity contribution in [2.75, 3.05) is 17.1 Å². The molecule has 1 aliphatic heterocycles. The van der Waals surface area contributed by atoms with Crippen molar-refractivity contribution in [1.82, 2.24) is 0 Å². The van der Waals surface area contributed by atoms with Crippen molar-refractivity contribution in [2.24, 2.45) is 0 Å². The van der Waals surface area contributed by atoms with Gasteiger partial charge in [-0.15, -0.1) is 0 Å². The molecule has 2 N–H and O–H groups in total. The molecular weight excluding hydrogens is 440 g/mol. The van der Waals surface area contributed by atoms with E-state index in [0.717, 1.165) is 5.56 Å². The van der Waals surface area contributed by atoms with Crippen molar-refractivity contribution >= 4 is 38.9 Å². The fourth-order valence-electron chi connectivity index (χ4n) is 3.20. The number of nitrogens with one attached hydrogen (secondary N) is 2. The van der Waals surface area contributed by atoms with E-state index in [0.29, 0.717) is 34.3 Å². The maximum absolute atomic E-state index is 12.7. The first kappa shape index (κ1) is 21.0. The van der Waals surface area contributed by atoms with Crippen LogP contribution in [0.2, 0.25) is 5.02 Å². The largest absolute Gasteiger partial charge is 0.497 e. The summed E-state index contributed by atoms with van der Waals surface area (Å²) in [6, 6.07) is 17.7. The Morgan fingerprint density at radius 1 is 1.06 bits per heavy atom. The molecule has 0 aromatic heterocycles. The molecule has 1 atom stereocenters. The zero-order valence-corrected chi connectivity index (χ0v) is 18.0. The molecular formula is C22H19ClN2O5S. The number of sulfonamides is 1. The highest BCUT2D eigenvalue weighted by Gasteiger charge is 2.29. The fraction of sp³-hybridized carbons (Fsp3) is 0.136. The van der Waals surface area contributed by atoms with Crippen LogP contribution >= 0.6 is 11.6 Å². The molecule has 0 radical (unpaired) electrons. The highest BCUT2D eigenvalue weighted by Crippen LogP contribution is 2.31. The molecule has 3 aromatic rings. The average molecular weight is 459 g/mol. The Balaban J connectivity index is 1.46. The first-order chi connectivity index (χ1) is 14.8. The number of carbonyl (C=O) groups is 1. The van der Waals surface area contributed by atoms with E-state index < -0.39 is 16.1 Å². The quantitative estimate of drug-likeness (QED) is 0.580. The van der Waals surface area contributed by atoms with Crippen LogP contribution < -0.4 is 19.5 Å². The summed E-state index contributed by atoms with van der Waals surface area (Å²) in [5.41, 5.74) is 1.60. The molecule has 0 saturated heterocycles. The monoisotopic (exact) mass is 458 g/mol. The number of halogens is 1. The summed E-state index contributed by atoms with van der Waals surface area (Å²) in [5, 5.41) is 3.29. The maximum Gasteiger partial charge on any atom is 0.265 e. The molecule has 1 amide bonds. The third-order valence-corrected chi connectivity index (χ3v) is 6.36. The molecule has 160 valence electrons. The zero-order chi connectivity index (χ0) is 22.0. The van der Waals surface area contributed by atoms with Crippen LogP contribution in [0, 0.1) is 0 Å². The summed E-state index contributed by atoms with van der Waals surface area (Å²) in [6.45, 7) is 0. The summed E-state index contributed by atoms with van der Waals surface area (Å²) in [7, 11) is -2.32. The van der Waals surface area contributed by atoms with Gasteiger partial charge in [0, 0.05) is 22.8 Å². The van der Waals surface area contributed by atoms with E-state index in [-0.39, 0.29) is 10.8 Å². The van der Waals surface area contributed by atoms with Gasteiger partial charge in [-0.3, -0.25) is 9.52 Å². The minimum atomic E-state index is -3.85. The van der Waals surface area contributed by atoms with Gasteiger partial charge in [-0.2, -0.15) is 0 Å². The first-order valence-corrected chi connectivity index (χ1v) is 11.2. The molecule has 1 heterocycles. The molecule has 0 saturated carbocycles. The average Bonchev–Trinajstić information content (AvgIpc) is 3.18. The van der Waals surface area contributed by atoms with Crippen LogP contribution in [0.1, 0.15) is 5.56 Å². The van der Waals surface area contributed by atoms with Crippen molar-refractivity contribution in [3.05, 3.63) is 77.3 Å². The van der Waals surface area contributed by atoms with Crippen LogP contribution in [-0.4, -0.2) is 27.5 Å². The van der Waals surface area contributed by atoms with Crippen LogP contribution in [0.15, 0.2) is 71.6 Å². The van der Waals surface area contributed by atoms with Crippen LogP contribution in [-0.2, 0) is 21.2 Å². The minimum absolute atomic E-state index is 0.0172. The Labute approximate surface area is 185 Å². The maximum atomic E-state index is 12.7. The molecule has 9 heteroatoms. The Bertz CT molecular complexity index is 1230. The van der Waals surface area contributed by atoms with E-state index in [2.05, 4.69) is 10.0 Å². The number of benzene rings is 3. The zero-order valence-electron chi connectivity index (χ0n) is 16.5. The molecule has 4 rings (SSSR count). The lowest BCUT2D eigenvalue weighted by molar-refractivity contribution is -0.122. The van der Waals surface area contributed by atoms with Gasteiger partial charge in [0.15, 0.2) is 6.10 Å². The SMILES string of the molecule is COc1ccc(NS(=O)(=O)c2cccc(NC(=O)C3Cc4cc(Cl)ccc4O3)c2)cc1. The molecule has 31 heavy (non-hydrogen) atoms. The molecule has 0 bridgehead atoms. The van der Waals surface area contributed by atoms with Gasteiger partial charge in [0.05, 0.1) is 12.0 Å². The summed E-state index contributed by atoms with van der Waals surface area (Å²) in [5.74, 6) is 0.862. The second kappa shape index (κ2) is 8.49. The molecule has 0 aliphatic carbocycles. The van der Waals surface area contributed by atoms with Gasteiger partial charge in [0.25, 0.3) is 15.9 Å².